The topological polar surface area (TPSA) is 97.1 Å². The molecule has 2 N–H and O–H groups in total. The number of nitrogens with one attached hydrogen (secondary N) is 2. The van der Waals surface area contributed by atoms with E-state index in [-0.39, 0.29) is 18.3 Å². The van der Waals surface area contributed by atoms with E-state index in [0.29, 0.717) is 12.4 Å². The second kappa shape index (κ2) is 6.55. The third kappa shape index (κ3) is 6.22. The van der Waals surface area contributed by atoms with Gasteiger partial charge in [-0.05, 0) is 13.0 Å². The van der Waals surface area contributed by atoms with Gasteiger partial charge in [0.25, 0.3) is 0 Å². The van der Waals surface area contributed by atoms with Crippen LogP contribution in [0, 0.1) is 0 Å². The van der Waals surface area contributed by atoms with Gasteiger partial charge in [-0.2, -0.15) is 0 Å². The first-order chi connectivity index (χ1) is 8.01. The van der Waals surface area contributed by atoms with Crippen molar-refractivity contribution in [2.45, 2.75) is 19.9 Å². The highest BCUT2D eigenvalue weighted by Crippen LogP contribution is 2.04. The van der Waals surface area contributed by atoms with Gasteiger partial charge in [0.15, 0.2) is 0 Å². The first-order valence-corrected chi connectivity index (χ1v) is 7.52. The molecule has 1 rings (SSSR count). The molecular weight excluding hydrogens is 244 g/mol. The third-order valence-corrected chi connectivity index (χ3v) is 2.86. The number of sulfone groups is 1. The van der Waals surface area contributed by atoms with E-state index < -0.39 is 9.84 Å². The lowest BCUT2D eigenvalue weighted by Gasteiger charge is -1.99. The van der Waals surface area contributed by atoms with Gasteiger partial charge in [-0.3, -0.25) is 0 Å². The maximum Gasteiger partial charge on any atom is 0.315 e. The van der Waals surface area contributed by atoms with Crippen LogP contribution in [0.25, 0.3) is 0 Å². The van der Waals surface area contributed by atoms with E-state index >= 15 is 0 Å². The molecule has 0 aliphatic heterocycles. The van der Waals surface area contributed by atoms with Gasteiger partial charge in [-0.25, -0.2) is 8.42 Å². The molecule has 0 bridgehead atoms. The van der Waals surface area contributed by atoms with Crippen molar-refractivity contribution in [2.75, 3.05) is 30.4 Å². The Hall–Kier alpha value is -1.15. The lowest BCUT2D eigenvalue weighted by Crippen LogP contribution is -2.14. The summed E-state index contributed by atoms with van der Waals surface area (Å²) in [5, 5.41) is 13.5. The molecule has 0 saturated heterocycles. The lowest BCUT2D eigenvalue weighted by molar-refractivity contribution is 0.477. The Labute approximate surface area is 101 Å². The Balaban J connectivity index is 2.30. The minimum Gasteiger partial charge on any atom is -0.407 e. The van der Waals surface area contributed by atoms with Crippen molar-refractivity contribution in [3.8, 4) is 0 Å². The summed E-state index contributed by atoms with van der Waals surface area (Å²) in [6.45, 7) is 3.75. The zero-order valence-electron chi connectivity index (χ0n) is 10.1. The maximum atomic E-state index is 10.9. The molecule has 0 amide bonds. The van der Waals surface area contributed by atoms with Gasteiger partial charge >= 0.3 is 6.01 Å². The Morgan fingerprint density at radius 1 is 1.29 bits per heavy atom. The van der Waals surface area contributed by atoms with E-state index in [4.69, 9.17) is 4.42 Å². The highest BCUT2D eigenvalue weighted by molar-refractivity contribution is 7.90. The number of nitrogens with zero attached hydrogens (tertiary/aromatic N) is 2. The van der Waals surface area contributed by atoms with Crippen molar-refractivity contribution in [3.63, 3.8) is 0 Å². The van der Waals surface area contributed by atoms with Crippen LogP contribution in [0.4, 0.5) is 6.01 Å². The lowest BCUT2D eigenvalue weighted by atomic mass is 10.5. The second-order valence-corrected chi connectivity index (χ2v) is 5.99. The van der Waals surface area contributed by atoms with E-state index in [2.05, 4.69) is 27.8 Å². The average Bonchev–Trinajstić information content (AvgIpc) is 2.64. The van der Waals surface area contributed by atoms with Crippen LogP contribution < -0.4 is 10.6 Å². The van der Waals surface area contributed by atoms with Crippen molar-refractivity contribution in [1.29, 1.82) is 0 Å². The van der Waals surface area contributed by atoms with E-state index in [9.17, 15) is 8.42 Å². The van der Waals surface area contributed by atoms with Crippen LogP contribution in [0.2, 0.25) is 0 Å². The summed E-state index contributed by atoms with van der Waals surface area (Å²) in [6.07, 6.45) is 2.22. The normalized spacial score (nSPS) is 11.6. The monoisotopic (exact) mass is 262 g/mol. The number of hydrogen-bond acceptors (Lipinski definition) is 7. The van der Waals surface area contributed by atoms with Crippen LogP contribution in [-0.4, -0.2) is 43.7 Å². The summed E-state index contributed by atoms with van der Waals surface area (Å²) in [7, 11) is -2.97. The van der Waals surface area contributed by atoms with Crippen molar-refractivity contribution in [1.82, 2.24) is 15.5 Å². The molecule has 0 unspecified atom stereocenters. The standard InChI is InChI=1S/C9H18N4O3S/c1-3-4-10-7-8-12-13-9(16-8)11-5-6-17(2,14)15/h10H,3-7H2,1-2H3,(H,11,13). The minimum atomic E-state index is -2.97. The smallest absolute Gasteiger partial charge is 0.315 e. The Morgan fingerprint density at radius 2 is 2.06 bits per heavy atom. The molecule has 0 saturated carbocycles. The summed E-state index contributed by atoms with van der Waals surface area (Å²) in [5.41, 5.74) is 0. The molecule has 0 aliphatic carbocycles. The minimum absolute atomic E-state index is 0.0405. The molecular formula is C9H18N4O3S. The fourth-order valence-electron chi connectivity index (χ4n) is 1.11. The maximum absolute atomic E-state index is 10.9. The molecule has 17 heavy (non-hydrogen) atoms. The summed E-state index contributed by atoms with van der Waals surface area (Å²) in [5.74, 6) is 0.527. The molecule has 0 fully saturated rings. The molecule has 0 aliphatic rings. The van der Waals surface area contributed by atoms with Gasteiger partial charge in [0.05, 0.1) is 12.3 Å². The predicted molar refractivity (Wildman–Crippen MR) is 64.5 cm³/mol. The molecule has 7 nitrogen and oxygen atoms in total. The van der Waals surface area contributed by atoms with E-state index in [1.54, 1.807) is 0 Å². The first-order valence-electron chi connectivity index (χ1n) is 5.46. The van der Waals surface area contributed by atoms with E-state index in [0.717, 1.165) is 13.0 Å². The van der Waals surface area contributed by atoms with Crippen molar-refractivity contribution in [3.05, 3.63) is 5.89 Å². The Morgan fingerprint density at radius 3 is 2.71 bits per heavy atom. The summed E-state index contributed by atoms with van der Waals surface area (Å²) in [4.78, 5) is 0. The zero-order valence-corrected chi connectivity index (χ0v) is 10.9. The predicted octanol–water partition coefficient (Wildman–Crippen LogP) is 0.0257. The Kier molecular flexibility index (Phi) is 5.36. The van der Waals surface area contributed by atoms with E-state index in [1.807, 2.05) is 0 Å². The van der Waals surface area contributed by atoms with Crippen LogP contribution in [0.15, 0.2) is 4.42 Å². The average molecular weight is 262 g/mol. The van der Waals surface area contributed by atoms with Gasteiger partial charge < -0.3 is 15.1 Å². The van der Waals surface area contributed by atoms with Gasteiger partial charge in [0.2, 0.25) is 5.89 Å². The first kappa shape index (κ1) is 13.9. The highest BCUT2D eigenvalue weighted by atomic mass is 32.2. The summed E-state index contributed by atoms with van der Waals surface area (Å²) >= 11 is 0. The molecule has 0 spiro atoms. The van der Waals surface area contributed by atoms with Crippen LogP contribution in [0.5, 0.6) is 0 Å². The molecule has 8 heteroatoms. The molecule has 0 radical (unpaired) electrons. The third-order valence-electron chi connectivity index (χ3n) is 1.92. The summed E-state index contributed by atoms with van der Waals surface area (Å²) in [6, 6.07) is 0.252. The fraction of sp³-hybridized carbons (Fsp3) is 0.778. The van der Waals surface area contributed by atoms with Crippen LogP contribution in [0.1, 0.15) is 19.2 Å². The molecule has 98 valence electrons. The highest BCUT2D eigenvalue weighted by Gasteiger charge is 2.06. The molecule has 0 atom stereocenters. The quantitative estimate of drug-likeness (QED) is 0.638. The summed E-state index contributed by atoms with van der Waals surface area (Å²) < 4.78 is 27.0. The van der Waals surface area contributed by atoms with Gasteiger partial charge in [-0.1, -0.05) is 12.0 Å². The number of anilines is 1. The fourth-order valence-corrected chi connectivity index (χ4v) is 1.58. The van der Waals surface area contributed by atoms with Gasteiger partial charge in [-0.15, -0.1) is 5.10 Å². The molecule has 1 aromatic heterocycles. The van der Waals surface area contributed by atoms with Gasteiger partial charge in [0, 0.05) is 12.8 Å². The molecule has 1 heterocycles. The van der Waals surface area contributed by atoms with Crippen LogP contribution >= 0.6 is 0 Å². The number of hydrogen-bond donors (Lipinski definition) is 2. The van der Waals surface area contributed by atoms with Crippen molar-refractivity contribution in [2.24, 2.45) is 0 Å². The van der Waals surface area contributed by atoms with Crippen LogP contribution in [0.3, 0.4) is 0 Å². The second-order valence-electron chi connectivity index (χ2n) is 3.73. The molecule has 1 aromatic rings. The molecule has 0 aromatic carbocycles. The SMILES string of the molecule is CCCNCc1nnc(NCCS(C)(=O)=O)o1. The van der Waals surface area contributed by atoms with E-state index in [1.165, 1.54) is 6.26 Å². The van der Waals surface area contributed by atoms with Crippen LogP contribution in [-0.2, 0) is 16.4 Å². The number of aromatic nitrogens is 2. The van der Waals surface area contributed by atoms with Crippen molar-refractivity contribution < 1.29 is 12.8 Å². The van der Waals surface area contributed by atoms with Crippen molar-refractivity contribution >= 4 is 15.9 Å². The van der Waals surface area contributed by atoms with Gasteiger partial charge in [0.1, 0.15) is 9.84 Å². The number of rotatable bonds is 8. The largest absolute Gasteiger partial charge is 0.407 e. The Bertz CT molecular complexity index is 429. The zero-order chi connectivity index (χ0) is 12.7.